The van der Waals surface area contributed by atoms with E-state index in [1.807, 2.05) is 51.2 Å². The molecule has 0 saturated carbocycles. The van der Waals surface area contributed by atoms with E-state index in [-0.39, 0.29) is 17.5 Å². The molecule has 0 saturated heterocycles. The summed E-state index contributed by atoms with van der Waals surface area (Å²) in [7, 11) is 1.55. The highest BCUT2D eigenvalue weighted by molar-refractivity contribution is 5.95. The van der Waals surface area contributed by atoms with Crippen LogP contribution in [0.3, 0.4) is 0 Å². The van der Waals surface area contributed by atoms with Gasteiger partial charge in [-0.15, -0.1) is 0 Å². The van der Waals surface area contributed by atoms with Crippen LogP contribution in [0.1, 0.15) is 40.0 Å². The molecule has 158 valence electrons. The van der Waals surface area contributed by atoms with Gasteiger partial charge in [0.25, 0.3) is 11.5 Å². The minimum absolute atomic E-state index is 0.248. The number of aryl methyl sites for hydroxylation is 2. The maximum Gasteiger partial charge on any atom is 0.272 e. The first-order valence-corrected chi connectivity index (χ1v) is 9.99. The van der Waals surface area contributed by atoms with Gasteiger partial charge in [0.2, 0.25) is 5.88 Å². The van der Waals surface area contributed by atoms with Gasteiger partial charge >= 0.3 is 0 Å². The Bertz CT molecular complexity index is 1320. The van der Waals surface area contributed by atoms with Crippen LogP contribution in [-0.2, 0) is 0 Å². The second kappa shape index (κ2) is 8.10. The summed E-state index contributed by atoms with van der Waals surface area (Å²) in [6.07, 6.45) is 5.17. The molecule has 0 aliphatic rings. The molecule has 0 bridgehead atoms. The fourth-order valence-electron chi connectivity index (χ4n) is 3.44. The fraction of sp³-hybridized carbons (Fsp3) is 0.208. The molecule has 7 heteroatoms. The van der Waals surface area contributed by atoms with E-state index in [9.17, 15) is 9.59 Å². The largest absolute Gasteiger partial charge is 0.481 e. The number of carbonyl (C=O) groups excluding carboxylic acids is 1. The van der Waals surface area contributed by atoms with Crippen molar-refractivity contribution in [2.24, 2.45) is 0 Å². The van der Waals surface area contributed by atoms with Gasteiger partial charge in [0, 0.05) is 24.7 Å². The lowest BCUT2D eigenvalue weighted by atomic mass is 10.0. The number of nitrogens with one attached hydrogen (secondary N) is 2. The van der Waals surface area contributed by atoms with Crippen molar-refractivity contribution in [1.29, 1.82) is 0 Å². The molecule has 4 aromatic rings. The molecule has 31 heavy (non-hydrogen) atoms. The van der Waals surface area contributed by atoms with E-state index in [0.717, 1.165) is 16.7 Å². The molecule has 7 nitrogen and oxygen atoms in total. The maximum absolute atomic E-state index is 12.8. The molecule has 1 unspecified atom stereocenters. The number of amides is 1. The van der Waals surface area contributed by atoms with Gasteiger partial charge in [-0.3, -0.25) is 9.59 Å². The van der Waals surface area contributed by atoms with E-state index in [2.05, 4.69) is 15.3 Å². The minimum Gasteiger partial charge on any atom is -0.481 e. The monoisotopic (exact) mass is 416 g/mol. The molecule has 3 heterocycles. The van der Waals surface area contributed by atoms with Crippen molar-refractivity contribution in [3.63, 3.8) is 0 Å². The van der Waals surface area contributed by atoms with E-state index < -0.39 is 0 Å². The number of H-pyrrole nitrogens is 1. The highest BCUT2D eigenvalue weighted by Crippen LogP contribution is 2.21. The molecule has 1 atom stereocenters. The molecule has 3 aromatic heterocycles. The summed E-state index contributed by atoms with van der Waals surface area (Å²) in [5, 5.41) is 2.95. The van der Waals surface area contributed by atoms with Crippen molar-refractivity contribution >= 4 is 11.4 Å². The zero-order valence-electron chi connectivity index (χ0n) is 17.9. The highest BCUT2D eigenvalue weighted by Gasteiger charge is 2.15. The highest BCUT2D eigenvalue weighted by atomic mass is 16.5. The smallest absolute Gasteiger partial charge is 0.272 e. The zero-order valence-corrected chi connectivity index (χ0v) is 17.9. The molecular formula is C24H24N4O3. The summed E-state index contributed by atoms with van der Waals surface area (Å²) >= 11 is 0. The number of ether oxygens (including phenoxy) is 1. The predicted octanol–water partition coefficient (Wildman–Crippen LogP) is 3.81. The van der Waals surface area contributed by atoms with Crippen LogP contribution in [0.25, 0.3) is 16.8 Å². The Morgan fingerprint density at radius 2 is 1.94 bits per heavy atom. The van der Waals surface area contributed by atoms with Crippen LogP contribution in [0.5, 0.6) is 5.88 Å². The van der Waals surface area contributed by atoms with E-state index in [0.29, 0.717) is 22.7 Å². The topological polar surface area (TPSA) is 88.5 Å². The Hall–Kier alpha value is -3.87. The normalized spacial score (nSPS) is 12.0. The third-order valence-electron chi connectivity index (χ3n) is 5.49. The number of aromatic amines is 1. The third kappa shape index (κ3) is 4.07. The summed E-state index contributed by atoms with van der Waals surface area (Å²) in [6.45, 7) is 5.96. The lowest BCUT2D eigenvalue weighted by molar-refractivity contribution is 0.0940. The summed E-state index contributed by atoms with van der Waals surface area (Å²) < 4.78 is 6.76. The summed E-state index contributed by atoms with van der Waals surface area (Å²) in [4.78, 5) is 32.5. The third-order valence-corrected chi connectivity index (χ3v) is 5.49. The second-order valence-electron chi connectivity index (χ2n) is 7.65. The van der Waals surface area contributed by atoms with Gasteiger partial charge in [-0.1, -0.05) is 18.2 Å². The van der Waals surface area contributed by atoms with Gasteiger partial charge in [0.15, 0.2) is 0 Å². The van der Waals surface area contributed by atoms with Gasteiger partial charge in [0.05, 0.1) is 24.4 Å². The SMILES string of the molecule is COc1ccc(C(C)NC(=O)c2cc3c(=O)[nH]c(-c4ccc(C)c(C)c4)cn3c2)cn1. The summed E-state index contributed by atoms with van der Waals surface area (Å²) in [5.41, 5.74) is 5.38. The van der Waals surface area contributed by atoms with E-state index in [1.165, 1.54) is 5.56 Å². The number of benzene rings is 1. The molecule has 0 aliphatic heterocycles. The summed E-state index contributed by atoms with van der Waals surface area (Å²) in [5.74, 6) is 0.249. The lowest BCUT2D eigenvalue weighted by Crippen LogP contribution is -2.26. The van der Waals surface area contributed by atoms with Crippen molar-refractivity contribution < 1.29 is 9.53 Å². The van der Waals surface area contributed by atoms with Gasteiger partial charge < -0.3 is 19.4 Å². The van der Waals surface area contributed by atoms with Crippen molar-refractivity contribution in [1.82, 2.24) is 19.7 Å². The Labute approximate surface area is 179 Å². The Balaban J connectivity index is 1.60. The molecule has 0 radical (unpaired) electrons. The van der Waals surface area contributed by atoms with Crippen LogP contribution in [0.2, 0.25) is 0 Å². The minimum atomic E-state index is -0.265. The van der Waals surface area contributed by atoms with Gasteiger partial charge in [0.1, 0.15) is 5.52 Å². The van der Waals surface area contributed by atoms with E-state index in [1.54, 1.807) is 36.0 Å². The number of methoxy groups -OCH3 is 1. The summed E-state index contributed by atoms with van der Waals surface area (Å²) in [6, 6.07) is 11.0. The van der Waals surface area contributed by atoms with Crippen LogP contribution >= 0.6 is 0 Å². The maximum atomic E-state index is 12.8. The molecule has 2 N–H and O–H groups in total. The first-order valence-electron chi connectivity index (χ1n) is 9.99. The van der Waals surface area contributed by atoms with Crippen LogP contribution < -0.4 is 15.6 Å². The first kappa shape index (κ1) is 20.4. The Morgan fingerprint density at radius 1 is 1.13 bits per heavy atom. The van der Waals surface area contributed by atoms with Gasteiger partial charge in [-0.05, 0) is 55.2 Å². The van der Waals surface area contributed by atoms with Crippen molar-refractivity contribution in [2.75, 3.05) is 7.11 Å². The van der Waals surface area contributed by atoms with Crippen molar-refractivity contribution in [3.8, 4) is 17.1 Å². The van der Waals surface area contributed by atoms with E-state index in [4.69, 9.17) is 4.74 Å². The van der Waals surface area contributed by atoms with E-state index >= 15 is 0 Å². The number of hydrogen-bond donors (Lipinski definition) is 2. The number of nitrogens with zero attached hydrogens (tertiary/aromatic N) is 2. The molecule has 4 rings (SSSR count). The zero-order chi connectivity index (χ0) is 22.1. The molecule has 0 fully saturated rings. The molecule has 1 amide bonds. The first-order chi connectivity index (χ1) is 14.9. The van der Waals surface area contributed by atoms with Crippen LogP contribution in [-0.4, -0.2) is 27.4 Å². The second-order valence-corrected chi connectivity index (χ2v) is 7.65. The lowest BCUT2D eigenvalue weighted by Gasteiger charge is -2.13. The fourth-order valence-corrected chi connectivity index (χ4v) is 3.44. The van der Waals surface area contributed by atoms with Gasteiger partial charge in [-0.25, -0.2) is 4.98 Å². The molecular weight excluding hydrogens is 392 g/mol. The van der Waals surface area contributed by atoms with Crippen molar-refractivity contribution in [3.05, 3.63) is 87.6 Å². The Morgan fingerprint density at radius 3 is 2.61 bits per heavy atom. The van der Waals surface area contributed by atoms with Crippen molar-refractivity contribution in [2.45, 2.75) is 26.8 Å². The Kier molecular flexibility index (Phi) is 5.33. The van der Waals surface area contributed by atoms with Crippen LogP contribution in [0.15, 0.2) is 59.8 Å². The van der Waals surface area contributed by atoms with Gasteiger partial charge in [-0.2, -0.15) is 0 Å². The molecule has 1 aromatic carbocycles. The standard InChI is InChI=1S/C24H24N4O3/c1-14-5-6-17(9-15(14)2)20-13-28-12-19(10-21(28)24(30)27-20)23(29)26-16(3)18-7-8-22(31-4)25-11-18/h5-13,16H,1-4H3,(H,26,29)(H,27,30). The van der Waals surface area contributed by atoms with Crippen LogP contribution in [0, 0.1) is 13.8 Å². The quantitative estimate of drug-likeness (QED) is 0.518. The number of carbonyl (C=O) groups is 1. The number of hydrogen-bond acceptors (Lipinski definition) is 4. The number of aromatic nitrogens is 3. The molecule has 0 spiro atoms. The average molecular weight is 416 g/mol. The predicted molar refractivity (Wildman–Crippen MR) is 120 cm³/mol. The average Bonchev–Trinajstić information content (AvgIpc) is 3.21. The molecule has 0 aliphatic carbocycles. The number of pyridine rings is 1. The van der Waals surface area contributed by atoms with Crippen LogP contribution in [0.4, 0.5) is 0 Å². The number of rotatable bonds is 5. The number of fused-ring (bicyclic) bond motifs is 1.